The van der Waals surface area contributed by atoms with Crippen LogP contribution in [0.25, 0.3) is 0 Å². The van der Waals surface area contributed by atoms with Crippen molar-refractivity contribution in [2.45, 2.75) is 45.6 Å². The molecule has 17 heavy (non-hydrogen) atoms. The van der Waals surface area contributed by atoms with Gasteiger partial charge < -0.3 is 4.74 Å². The highest BCUT2D eigenvalue weighted by Crippen LogP contribution is 2.06. The molecule has 0 rings (SSSR count). The number of hydrogen-bond donors (Lipinski definition) is 2. The van der Waals surface area contributed by atoms with Crippen molar-refractivity contribution in [3.05, 3.63) is 0 Å². The number of carbonyl (C=O) groups is 1. The number of nitrogens with one attached hydrogen (secondary N) is 1. The van der Waals surface area contributed by atoms with Gasteiger partial charge in [0.25, 0.3) is 0 Å². The van der Waals surface area contributed by atoms with Crippen LogP contribution >= 0.6 is 0 Å². The molecule has 3 N–H and O–H groups in total. The summed E-state index contributed by atoms with van der Waals surface area (Å²) in [4.78, 5) is 13.4. The van der Waals surface area contributed by atoms with Crippen molar-refractivity contribution >= 4 is 5.91 Å². The highest BCUT2D eigenvalue weighted by Gasteiger charge is 2.11. The Balaban J connectivity index is 3.78. The number of hydrogen-bond acceptors (Lipinski definition) is 4. The molecule has 0 fully saturated rings. The standard InChI is InChI=1S/C12H27N3O2/c1-4-11(2)15(9-10-17-3)8-6-5-7-12(16)14-13/h11H,4-10,13H2,1-3H3,(H,14,16). The maximum atomic E-state index is 10.9. The van der Waals surface area contributed by atoms with E-state index in [-0.39, 0.29) is 5.91 Å². The van der Waals surface area contributed by atoms with Crippen LogP contribution in [0, 0.1) is 0 Å². The average molecular weight is 245 g/mol. The van der Waals surface area contributed by atoms with Crippen LogP contribution in [-0.2, 0) is 9.53 Å². The van der Waals surface area contributed by atoms with Gasteiger partial charge in [-0.05, 0) is 32.7 Å². The number of carbonyl (C=O) groups excluding carboxylic acids is 1. The molecule has 5 nitrogen and oxygen atoms in total. The van der Waals surface area contributed by atoms with Crippen molar-refractivity contribution in [1.29, 1.82) is 0 Å². The summed E-state index contributed by atoms with van der Waals surface area (Å²) in [6.45, 7) is 7.13. The first kappa shape index (κ1) is 16.4. The minimum Gasteiger partial charge on any atom is -0.383 e. The molecule has 0 aliphatic carbocycles. The van der Waals surface area contributed by atoms with Gasteiger partial charge >= 0.3 is 0 Å². The first-order chi connectivity index (χ1) is 8.15. The van der Waals surface area contributed by atoms with Gasteiger partial charge in [0.1, 0.15) is 0 Å². The SMILES string of the molecule is CCC(C)N(CCCCC(=O)NN)CCOC. The molecule has 0 aromatic rings. The fourth-order valence-electron chi connectivity index (χ4n) is 1.69. The minimum absolute atomic E-state index is 0.0861. The Labute approximate surface area is 105 Å². The fraction of sp³-hybridized carbons (Fsp3) is 0.917. The molecule has 1 unspecified atom stereocenters. The Kier molecular flexibility index (Phi) is 10.1. The number of methoxy groups -OCH3 is 1. The molecule has 0 saturated carbocycles. The van der Waals surface area contributed by atoms with Crippen LogP contribution in [0.15, 0.2) is 0 Å². The second-order valence-corrected chi connectivity index (χ2v) is 4.31. The zero-order chi connectivity index (χ0) is 13.1. The number of amides is 1. The molecular formula is C12H27N3O2. The summed E-state index contributed by atoms with van der Waals surface area (Å²) in [6.07, 6.45) is 3.53. The Morgan fingerprint density at radius 2 is 2.12 bits per heavy atom. The molecule has 1 atom stereocenters. The third-order valence-corrected chi connectivity index (χ3v) is 3.06. The van der Waals surface area contributed by atoms with E-state index in [1.165, 1.54) is 0 Å². The molecule has 0 radical (unpaired) electrons. The summed E-state index contributed by atoms with van der Waals surface area (Å²) in [5, 5.41) is 0. The van der Waals surface area contributed by atoms with E-state index in [1.54, 1.807) is 7.11 Å². The molecule has 0 bridgehead atoms. The number of nitrogens with zero attached hydrogens (tertiary/aromatic N) is 1. The summed E-state index contributed by atoms with van der Waals surface area (Å²) in [5.41, 5.74) is 2.15. The quantitative estimate of drug-likeness (QED) is 0.260. The smallest absolute Gasteiger partial charge is 0.233 e. The maximum absolute atomic E-state index is 10.9. The number of unbranched alkanes of at least 4 members (excludes halogenated alkanes) is 1. The predicted molar refractivity (Wildman–Crippen MR) is 69.4 cm³/mol. The predicted octanol–water partition coefficient (Wildman–Crippen LogP) is 0.894. The van der Waals surface area contributed by atoms with Crippen LogP contribution in [0.5, 0.6) is 0 Å². The van der Waals surface area contributed by atoms with E-state index in [0.717, 1.165) is 39.0 Å². The third kappa shape index (κ3) is 8.12. The lowest BCUT2D eigenvalue weighted by atomic mass is 10.1. The Bertz CT molecular complexity index is 200. The summed E-state index contributed by atoms with van der Waals surface area (Å²) >= 11 is 0. The van der Waals surface area contributed by atoms with Crippen LogP contribution in [-0.4, -0.2) is 43.7 Å². The molecule has 5 heteroatoms. The van der Waals surface area contributed by atoms with E-state index in [2.05, 4.69) is 24.2 Å². The number of rotatable bonds is 10. The van der Waals surface area contributed by atoms with Gasteiger partial charge in [-0.3, -0.25) is 15.1 Å². The fourth-order valence-corrected chi connectivity index (χ4v) is 1.69. The van der Waals surface area contributed by atoms with Crippen LogP contribution in [0.4, 0.5) is 0 Å². The molecule has 0 spiro atoms. The van der Waals surface area contributed by atoms with Gasteiger partial charge in [0.2, 0.25) is 5.91 Å². The molecule has 0 saturated heterocycles. The topological polar surface area (TPSA) is 67.6 Å². The van der Waals surface area contributed by atoms with Crippen molar-refractivity contribution < 1.29 is 9.53 Å². The first-order valence-corrected chi connectivity index (χ1v) is 6.38. The summed E-state index contributed by atoms with van der Waals surface area (Å²) < 4.78 is 5.11. The lowest BCUT2D eigenvalue weighted by molar-refractivity contribution is -0.121. The Morgan fingerprint density at radius 1 is 1.41 bits per heavy atom. The lowest BCUT2D eigenvalue weighted by Gasteiger charge is -2.28. The van der Waals surface area contributed by atoms with E-state index in [4.69, 9.17) is 10.6 Å². The normalized spacial score (nSPS) is 12.8. The molecule has 0 aromatic heterocycles. The van der Waals surface area contributed by atoms with Crippen molar-refractivity contribution in [1.82, 2.24) is 10.3 Å². The largest absolute Gasteiger partial charge is 0.383 e. The molecule has 0 aliphatic rings. The zero-order valence-corrected chi connectivity index (χ0v) is 11.4. The molecule has 0 aromatic carbocycles. The van der Waals surface area contributed by atoms with Gasteiger partial charge in [0.15, 0.2) is 0 Å². The summed E-state index contributed by atoms with van der Waals surface area (Å²) in [7, 11) is 1.72. The van der Waals surface area contributed by atoms with E-state index < -0.39 is 0 Å². The number of nitrogens with two attached hydrogens (primary N) is 1. The van der Waals surface area contributed by atoms with Crippen molar-refractivity contribution in [2.75, 3.05) is 26.8 Å². The molecule has 0 heterocycles. The van der Waals surface area contributed by atoms with E-state index >= 15 is 0 Å². The van der Waals surface area contributed by atoms with Crippen LogP contribution < -0.4 is 11.3 Å². The van der Waals surface area contributed by atoms with Crippen molar-refractivity contribution in [3.8, 4) is 0 Å². The van der Waals surface area contributed by atoms with Crippen LogP contribution in [0.1, 0.15) is 39.5 Å². The average Bonchev–Trinajstić information content (AvgIpc) is 2.36. The zero-order valence-electron chi connectivity index (χ0n) is 11.4. The minimum atomic E-state index is -0.0861. The Morgan fingerprint density at radius 3 is 2.65 bits per heavy atom. The highest BCUT2D eigenvalue weighted by molar-refractivity contribution is 5.75. The summed E-state index contributed by atoms with van der Waals surface area (Å²) in [5.74, 6) is 4.94. The van der Waals surface area contributed by atoms with Gasteiger partial charge in [0, 0.05) is 26.1 Å². The van der Waals surface area contributed by atoms with Crippen molar-refractivity contribution in [3.63, 3.8) is 0 Å². The van der Waals surface area contributed by atoms with E-state index in [1.807, 2.05) is 0 Å². The second kappa shape index (κ2) is 10.5. The van der Waals surface area contributed by atoms with Gasteiger partial charge in [0.05, 0.1) is 6.61 Å². The van der Waals surface area contributed by atoms with Crippen LogP contribution in [0.3, 0.4) is 0 Å². The second-order valence-electron chi connectivity index (χ2n) is 4.31. The Hall–Kier alpha value is -0.650. The first-order valence-electron chi connectivity index (χ1n) is 6.38. The number of ether oxygens (including phenoxy) is 1. The van der Waals surface area contributed by atoms with Gasteiger partial charge in [-0.2, -0.15) is 0 Å². The summed E-state index contributed by atoms with van der Waals surface area (Å²) in [6, 6.07) is 0.563. The van der Waals surface area contributed by atoms with Crippen molar-refractivity contribution in [2.24, 2.45) is 5.84 Å². The maximum Gasteiger partial charge on any atom is 0.233 e. The molecule has 102 valence electrons. The lowest BCUT2D eigenvalue weighted by Crippen LogP contribution is -2.36. The van der Waals surface area contributed by atoms with Gasteiger partial charge in [-0.1, -0.05) is 6.92 Å². The molecule has 1 amide bonds. The van der Waals surface area contributed by atoms with Gasteiger partial charge in [-0.15, -0.1) is 0 Å². The van der Waals surface area contributed by atoms with Crippen LogP contribution in [0.2, 0.25) is 0 Å². The highest BCUT2D eigenvalue weighted by atomic mass is 16.5. The number of hydrazine groups is 1. The third-order valence-electron chi connectivity index (χ3n) is 3.06. The molecular weight excluding hydrogens is 218 g/mol. The monoisotopic (exact) mass is 245 g/mol. The van der Waals surface area contributed by atoms with E-state index in [9.17, 15) is 4.79 Å². The van der Waals surface area contributed by atoms with E-state index in [0.29, 0.717) is 12.5 Å². The molecule has 0 aliphatic heterocycles. The van der Waals surface area contributed by atoms with Gasteiger partial charge in [-0.25, -0.2) is 5.84 Å².